The number of aryl methyl sites for hydroxylation is 1. The Bertz CT molecular complexity index is 1170. The monoisotopic (exact) mass is 406 g/mol. The van der Waals surface area contributed by atoms with Crippen LogP contribution < -0.4 is 10.9 Å². The SMILES string of the molecule is Cn1ncc2c(=O)n(CC(=O)Nc3nc(-c4ccc(Cl)s4)cs3)cnc21. The zero-order valence-corrected chi connectivity index (χ0v) is 15.7. The topological polar surface area (TPSA) is 94.7 Å². The zero-order valence-electron chi connectivity index (χ0n) is 13.3. The second-order valence-electron chi connectivity index (χ2n) is 5.37. The Morgan fingerprint density at radius 2 is 2.23 bits per heavy atom. The highest BCUT2D eigenvalue weighted by molar-refractivity contribution is 7.20. The van der Waals surface area contributed by atoms with Crippen LogP contribution in [0.15, 0.2) is 34.8 Å². The van der Waals surface area contributed by atoms with Crippen LogP contribution in [0.3, 0.4) is 0 Å². The first-order valence-electron chi connectivity index (χ1n) is 7.39. The molecule has 0 aliphatic heterocycles. The molecule has 0 atom stereocenters. The number of nitrogens with zero attached hydrogens (tertiary/aromatic N) is 5. The first-order chi connectivity index (χ1) is 12.5. The van der Waals surface area contributed by atoms with Gasteiger partial charge in [0, 0.05) is 12.4 Å². The van der Waals surface area contributed by atoms with Gasteiger partial charge in [-0.25, -0.2) is 9.97 Å². The Hall–Kier alpha value is -2.56. The Morgan fingerprint density at radius 3 is 3.00 bits per heavy atom. The van der Waals surface area contributed by atoms with Crippen molar-refractivity contribution in [2.24, 2.45) is 7.05 Å². The van der Waals surface area contributed by atoms with Gasteiger partial charge in [0.1, 0.15) is 18.3 Å². The molecule has 4 heterocycles. The fourth-order valence-corrected chi connectivity index (χ4v) is 4.19. The second kappa shape index (κ2) is 6.63. The molecule has 0 saturated carbocycles. The van der Waals surface area contributed by atoms with Gasteiger partial charge in [-0.2, -0.15) is 5.10 Å². The number of thiazole rings is 1. The van der Waals surface area contributed by atoms with Gasteiger partial charge in [0.05, 0.1) is 21.1 Å². The molecule has 4 aromatic heterocycles. The Morgan fingerprint density at radius 1 is 1.38 bits per heavy atom. The van der Waals surface area contributed by atoms with Crippen molar-refractivity contribution in [1.82, 2.24) is 24.3 Å². The molecule has 4 aromatic rings. The van der Waals surface area contributed by atoms with Gasteiger partial charge in [0.15, 0.2) is 10.8 Å². The molecule has 0 spiro atoms. The number of rotatable bonds is 4. The van der Waals surface area contributed by atoms with Crippen molar-refractivity contribution in [3.63, 3.8) is 0 Å². The third-order valence-corrected chi connectivity index (χ3v) is 5.62. The van der Waals surface area contributed by atoms with E-state index < -0.39 is 0 Å². The number of aromatic nitrogens is 5. The summed E-state index contributed by atoms with van der Waals surface area (Å²) in [5.74, 6) is -0.359. The molecule has 4 rings (SSSR count). The highest BCUT2D eigenvalue weighted by atomic mass is 35.5. The van der Waals surface area contributed by atoms with Crippen LogP contribution in [-0.4, -0.2) is 30.2 Å². The molecule has 11 heteroatoms. The number of fused-ring (bicyclic) bond motifs is 1. The molecule has 0 saturated heterocycles. The molecule has 0 bridgehead atoms. The van der Waals surface area contributed by atoms with Gasteiger partial charge in [-0.05, 0) is 12.1 Å². The maximum atomic E-state index is 12.4. The number of carbonyl (C=O) groups is 1. The lowest BCUT2D eigenvalue weighted by molar-refractivity contribution is -0.116. The summed E-state index contributed by atoms with van der Waals surface area (Å²) >= 11 is 8.65. The number of amides is 1. The number of halogens is 1. The van der Waals surface area contributed by atoms with Crippen molar-refractivity contribution >= 4 is 56.3 Å². The quantitative estimate of drug-likeness (QED) is 0.562. The molecular formula is C15H11ClN6O2S2. The average Bonchev–Trinajstić information content (AvgIpc) is 3.31. The largest absolute Gasteiger partial charge is 0.300 e. The lowest BCUT2D eigenvalue weighted by Crippen LogP contribution is -2.27. The summed E-state index contributed by atoms with van der Waals surface area (Å²) < 4.78 is 3.43. The van der Waals surface area contributed by atoms with Crippen LogP contribution in [0.5, 0.6) is 0 Å². The van der Waals surface area contributed by atoms with Crippen molar-refractivity contribution in [3.8, 4) is 10.6 Å². The smallest absolute Gasteiger partial charge is 0.264 e. The van der Waals surface area contributed by atoms with E-state index in [9.17, 15) is 9.59 Å². The van der Waals surface area contributed by atoms with Gasteiger partial charge in [-0.15, -0.1) is 22.7 Å². The fourth-order valence-electron chi connectivity index (χ4n) is 2.39. The number of hydrogen-bond acceptors (Lipinski definition) is 7. The molecule has 26 heavy (non-hydrogen) atoms. The first-order valence-corrected chi connectivity index (χ1v) is 9.47. The van der Waals surface area contributed by atoms with Crippen molar-refractivity contribution in [3.05, 3.63) is 44.7 Å². The van der Waals surface area contributed by atoms with Crippen molar-refractivity contribution in [2.45, 2.75) is 6.54 Å². The first kappa shape index (κ1) is 16.9. The summed E-state index contributed by atoms with van der Waals surface area (Å²) in [5, 5.41) is 9.37. The maximum Gasteiger partial charge on any atom is 0.264 e. The molecule has 0 aliphatic carbocycles. The molecule has 8 nitrogen and oxygen atoms in total. The Balaban J connectivity index is 1.50. The molecule has 1 N–H and O–H groups in total. The third kappa shape index (κ3) is 3.14. The summed E-state index contributed by atoms with van der Waals surface area (Å²) in [6.07, 6.45) is 2.78. The van der Waals surface area contributed by atoms with Crippen LogP contribution >= 0.6 is 34.3 Å². The normalized spacial score (nSPS) is 11.2. The van der Waals surface area contributed by atoms with E-state index in [0.29, 0.717) is 20.5 Å². The molecule has 0 aliphatic rings. The molecular weight excluding hydrogens is 396 g/mol. The summed E-state index contributed by atoms with van der Waals surface area (Å²) in [6, 6.07) is 3.68. The van der Waals surface area contributed by atoms with Gasteiger partial charge in [-0.3, -0.25) is 18.8 Å². The molecule has 132 valence electrons. The van der Waals surface area contributed by atoms with Crippen LogP contribution in [0.2, 0.25) is 4.34 Å². The summed E-state index contributed by atoms with van der Waals surface area (Å²) in [4.78, 5) is 34.1. The molecule has 0 fully saturated rings. The predicted octanol–water partition coefficient (Wildman–Crippen LogP) is 2.61. The average molecular weight is 407 g/mol. The number of thiophene rings is 1. The van der Waals surface area contributed by atoms with Gasteiger partial charge in [0.25, 0.3) is 5.56 Å². The lowest BCUT2D eigenvalue weighted by Gasteiger charge is -2.05. The number of anilines is 1. The Kier molecular flexibility index (Phi) is 4.31. The third-order valence-electron chi connectivity index (χ3n) is 3.61. The van der Waals surface area contributed by atoms with Gasteiger partial charge in [0.2, 0.25) is 5.91 Å². The van der Waals surface area contributed by atoms with E-state index in [-0.39, 0.29) is 18.0 Å². The number of hydrogen-bond donors (Lipinski definition) is 1. The minimum atomic E-state index is -0.359. The second-order valence-corrected chi connectivity index (χ2v) is 7.95. The van der Waals surface area contributed by atoms with E-state index in [1.807, 2.05) is 11.4 Å². The van der Waals surface area contributed by atoms with E-state index >= 15 is 0 Å². The van der Waals surface area contributed by atoms with E-state index in [4.69, 9.17) is 11.6 Å². The maximum absolute atomic E-state index is 12.4. The summed E-state index contributed by atoms with van der Waals surface area (Å²) in [6.45, 7) is -0.156. The van der Waals surface area contributed by atoms with Crippen LogP contribution in [-0.2, 0) is 18.4 Å². The molecule has 0 aromatic carbocycles. The number of nitrogens with one attached hydrogen (secondary N) is 1. The lowest BCUT2D eigenvalue weighted by atomic mass is 10.4. The minimum Gasteiger partial charge on any atom is -0.300 e. The summed E-state index contributed by atoms with van der Waals surface area (Å²) in [5.41, 5.74) is 0.912. The molecule has 0 radical (unpaired) electrons. The number of carbonyl (C=O) groups excluding carboxylic acids is 1. The highest BCUT2D eigenvalue weighted by Crippen LogP contribution is 2.32. The molecule has 0 unspecified atom stereocenters. The fraction of sp³-hybridized carbons (Fsp3) is 0.133. The highest BCUT2D eigenvalue weighted by Gasteiger charge is 2.13. The van der Waals surface area contributed by atoms with Crippen LogP contribution in [0, 0.1) is 0 Å². The zero-order chi connectivity index (χ0) is 18.3. The Labute approximate surface area is 159 Å². The molecule has 1 amide bonds. The van der Waals surface area contributed by atoms with Crippen molar-refractivity contribution < 1.29 is 4.79 Å². The van der Waals surface area contributed by atoms with Crippen LogP contribution in [0.4, 0.5) is 5.13 Å². The van der Waals surface area contributed by atoms with Crippen molar-refractivity contribution in [1.29, 1.82) is 0 Å². The van der Waals surface area contributed by atoms with Gasteiger partial charge in [-0.1, -0.05) is 11.6 Å². The van der Waals surface area contributed by atoms with E-state index in [1.165, 1.54) is 44.4 Å². The van der Waals surface area contributed by atoms with Gasteiger partial charge >= 0.3 is 0 Å². The van der Waals surface area contributed by atoms with Crippen LogP contribution in [0.25, 0.3) is 21.6 Å². The minimum absolute atomic E-state index is 0.156. The van der Waals surface area contributed by atoms with E-state index in [0.717, 1.165) is 10.6 Å². The van der Waals surface area contributed by atoms with Crippen molar-refractivity contribution in [2.75, 3.05) is 5.32 Å². The van der Waals surface area contributed by atoms with Crippen LogP contribution in [0.1, 0.15) is 0 Å². The standard InChI is InChI=1S/C15H11ClN6O2S2/c1-21-13-8(4-18-21)14(24)22(7-17-13)5-12(23)20-15-19-9(6-25-15)10-2-3-11(16)26-10/h2-4,6-7H,5H2,1H3,(H,19,20,23). The predicted molar refractivity (Wildman–Crippen MR) is 102 cm³/mol. The van der Waals surface area contributed by atoms with E-state index in [1.54, 1.807) is 13.1 Å². The summed E-state index contributed by atoms with van der Waals surface area (Å²) in [7, 11) is 1.70. The van der Waals surface area contributed by atoms with E-state index in [2.05, 4.69) is 20.4 Å². The van der Waals surface area contributed by atoms with Gasteiger partial charge < -0.3 is 5.32 Å².